The Bertz CT molecular complexity index is 289. The first kappa shape index (κ1) is 16.6. The molecule has 98 valence electrons. The number of piperidine rings is 1. The van der Waals surface area contributed by atoms with Gasteiger partial charge in [0.1, 0.15) is 0 Å². The SMILES string of the molecule is Cl.Cl.NCC(c1cccnc1)C1CCNCC1. The number of hydrogen-bond acceptors (Lipinski definition) is 3. The van der Waals surface area contributed by atoms with Gasteiger partial charge in [-0.2, -0.15) is 0 Å². The van der Waals surface area contributed by atoms with Crippen LogP contribution >= 0.6 is 24.8 Å². The third kappa shape index (κ3) is 4.43. The smallest absolute Gasteiger partial charge is 0.0303 e. The highest BCUT2D eigenvalue weighted by Gasteiger charge is 2.23. The van der Waals surface area contributed by atoms with E-state index in [1.807, 2.05) is 18.5 Å². The number of rotatable bonds is 3. The lowest BCUT2D eigenvalue weighted by molar-refractivity contribution is 0.321. The van der Waals surface area contributed by atoms with Crippen molar-refractivity contribution in [3.05, 3.63) is 30.1 Å². The number of halogens is 2. The van der Waals surface area contributed by atoms with E-state index in [0.29, 0.717) is 5.92 Å². The van der Waals surface area contributed by atoms with Gasteiger partial charge in [-0.25, -0.2) is 0 Å². The van der Waals surface area contributed by atoms with Crippen LogP contribution in [0.15, 0.2) is 24.5 Å². The first-order valence-electron chi connectivity index (χ1n) is 5.72. The summed E-state index contributed by atoms with van der Waals surface area (Å²) in [6, 6.07) is 4.14. The molecule has 0 radical (unpaired) electrons. The van der Waals surface area contributed by atoms with Crippen LogP contribution in [0.1, 0.15) is 24.3 Å². The van der Waals surface area contributed by atoms with Crippen molar-refractivity contribution >= 4 is 24.8 Å². The van der Waals surface area contributed by atoms with Gasteiger partial charge in [0.2, 0.25) is 0 Å². The van der Waals surface area contributed by atoms with Gasteiger partial charge in [-0.15, -0.1) is 24.8 Å². The summed E-state index contributed by atoms with van der Waals surface area (Å²) < 4.78 is 0. The van der Waals surface area contributed by atoms with Crippen LogP contribution in [0.4, 0.5) is 0 Å². The van der Waals surface area contributed by atoms with E-state index in [-0.39, 0.29) is 24.8 Å². The zero-order chi connectivity index (χ0) is 10.5. The second kappa shape index (κ2) is 8.70. The Morgan fingerprint density at radius 2 is 2.06 bits per heavy atom. The van der Waals surface area contributed by atoms with Crippen LogP contribution in [0.2, 0.25) is 0 Å². The highest BCUT2D eigenvalue weighted by atomic mass is 35.5. The van der Waals surface area contributed by atoms with E-state index in [4.69, 9.17) is 5.73 Å². The van der Waals surface area contributed by atoms with Gasteiger partial charge in [-0.1, -0.05) is 6.07 Å². The summed E-state index contributed by atoms with van der Waals surface area (Å²) in [5.41, 5.74) is 7.19. The summed E-state index contributed by atoms with van der Waals surface area (Å²) in [6.07, 6.45) is 6.24. The first-order chi connectivity index (χ1) is 7.42. The number of hydrogen-bond donors (Lipinski definition) is 2. The van der Waals surface area contributed by atoms with Gasteiger partial charge in [0.25, 0.3) is 0 Å². The van der Waals surface area contributed by atoms with Crippen molar-refractivity contribution < 1.29 is 0 Å². The summed E-state index contributed by atoms with van der Waals surface area (Å²) in [4.78, 5) is 4.18. The van der Waals surface area contributed by atoms with Gasteiger partial charge in [-0.3, -0.25) is 4.98 Å². The Morgan fingerprint density at radius 3 is 2.59 bits per heavy atom. The van der Waals surface area contributed by atoms with Crippen LogP contribution in [0.25, 0.3) is 0 Å². The highest BCUT2D eigenvalue weighted by Crippen LogP contribution is 2.29. The molecule has 1 unspecified atom stereocenters. The molecule has 0 aromatic carbocycles. The molecule has 0 bridgehead atoms. The Kier molecular flexibility index (Phi) is 8.52. The summed E-state index contributed by atoms with van der Waals surface area (Å²) in [5.74, 6) is 1.21. The second-order valence-electron chi connectivity index (χ2n) is 4.22. The van der Waals surface area contributed by atoms with Gasteiger partial charge in [0, 0.05) is 18.3 Å². The fraction of sp³-hybridized carbons (Fsp3) is 0.583. The minimum Gasteiger partial charge on any atom is -0.330 e. The minimum absolute atomic E-state index is 0. The van der Waals surface area contributed by atoms with E-state index in [2.05, 4.69) is 16.4 Å². The van der Waals surface area contributed by atoms with E-state index >= 15 is 0 Å². The molecule has 2 rings (SSSR count). The van der Waals surface area contributed by atoms with Gasteiger partial charge in [0.15, 0.2) is 0 Å². The number of pyridine rings is 1. The molecule has 1 aliphatic rings. The molecular formula is C12H21Cl2N3. The van der Waals surface area contributed by atoms with Crippen LogP contribution in [0.3, 0.4) is 0 Å². The Hall–Kier alpha value is -0.350. The Labute approximate surface area is 115 Å². The van der Waals surface area contributed by atoms with Crippen molar-refractivity contribution in [2.24, 2.45) is 11.7 Å². The lowest BCUT2D eigenvalue weighted by Gasteiger charge is -2.30. The van der Waals surface area contributed by atoms with E-state index in [0.717, 1.165) is 25.6 Å². The average Bonchev–Trinajstić information content (AvgIpc) is 2.33. The molecule has 5 heteroatoms. The van der Waals surface area contributed by atoms with Gasteiger partial charge in [-0.05, 0) is 50.0 Å². The van der Waals surface area contributed by atoms with Crippen LogP contribution in [-0.2, 0) is 0 Å². The maximum absolute atomic E-state index is 5.89. The standard InChI is InChI=1S/C12H19N3.2ClH/c13-8-12(10-3-6-14-7-4-10)11-2-1-5-15-9-11;;/h1-2,5,9-10,12,14H,3-4,6-8,13H2;2*1H. The maximum Gasteiger partial charge on any atom is 0.0303 e. The zero-order valence-electron chi connectivity index (χ0n) is 9.84. The second-order valence-corrected chi connectivity index (χ2v) is 4.22. The van der Waals surface area contributed by atoms with Gasteiger partial charge in [0.05, 0.1) is 0 Å². The van der Waals surface area contributed by atoms with E-state index < -0.39 is 0 Å². The molecule has 0 saturated carbocycles. The fourth-order valence-corrected chi connectivity index (χ4v) is 2.44. The van der Waals surface area contributed by atoms with Crippen LogP contribution in [0, 0.1) is 5.92 Å². The molecule has 1 aromatic heterocycles. The zero-order valence-corrected chi connectivity index (χ0v) is 11.5. The summed E-state index contributed by atoms with van der Waals surface area (Å²) in [7, 11) is 0. The molecule has 3 N–H and O–H groups in total. The van der Waals surface area contributed by atoms with E-state index in [1.54, 1.807) is 0 Å². The predicted octanol–water partition coefficient (Wildman–Crippen LogP) is 1.97. The number of nitrogens with zero attached hydrogens (tertiary/aromatic N) is 1. The van der Waals surface area contributed by atoms with Crippen LogP contribution in [0.5, 0.6) is 0 Å². The molecule has 0 amide bonds. The topological polar surface area (TPSA) is 50.9 Å². The predicted molar refractivity (Wildman–Crippen MR) is 76.1 cm³/mol. The summed E-state index contributed by atoms with van der Waals surface area (Å²) in [6.45, 7) is 2.99. The third-order valence-electron chi connectivity index (χ3n) is 3.32. The third-order valence-corrected chi connectivity index (χ3v) is 3.32. The summed E-state index contributed by atoms with van der Waals surface area (Å²) >= 11 is 0. The number of nitrogens with one attached hydrogen (secondary N) is 1. The normalized spacial score (nSPS) is 17.7. The van der Waals surface area contributed by atoms with Crippen molar-refractivity contribution in [3.8, 4) is 0 Å². The van der Waals surface area contributed by atoms with Gasteiger partial charge < -0.3 is 11.1 Å². The maximum atomic E-state index is 5.89. The molecule has 17 heavy (non-hydrogen) atoms. The average molecular weight is 278 g/mol. The molecular weight excluding hydrogens is 257 g/mol. The molecule has 1 aromatic rings. The van der Waals surface area contributed by atoms with Crippen molar-refractivity contribution in [1.82, 2.24) is 10.3 Å². The molecule has 1 fully saturated rings. The lowest BCUT2D eigenvalue weighted by Crippen LogP contribution is -2.33. The van der Waals surface area contributed by atoms with Crippen molar-refractivity contribution in [2.75, 3.05) is 19.6 Å². The summed E-state index contributed by atoms with van der Waals surface area (Å²) in [5, 5.41) is 3.39. The van der Waals surface area contributed by atoms with E-state index in [9.17, 15) is 0 Å². The van der Waals surface area contributed by atoms with E-state index in [1.165, 1.54) is 18.4 Å². The molecule has 0 spiro atoms. The monoisotopic (exact) mass is 277 g/mol. The Balaban J connectivity index is 0.00000128. The number of nitrogens with two attached hydrogens (primary N) is 1. The molecule has 0 aliphatic carbocycles. The van der Waals surface area contributed by atoms with Crippen molar-refractivity contribution in [2.45, 2.75) is 18.8 Å². The molecule has 2 heterocycles. The largest absolute Gasteiger partial charge is 0.330 e. The minimum atomic E-state index is 0. The van der Waals surface area contributed by atoms with Crippen LogP contribution < -0.4 is 11.1 Å². The van der Waals surface area contributed by atoms with Gasteiger partial charge >= 0.3 is 0 Å². The quantitative estimate of drug-likeness (QED) is 0.888. The molecule has 3 nitrogen and oxygen atoms in total. The highest BCUT2D eigenvalue weighted by molar-refractivity contribution is 5.85. The van der Waals surface area contributed by atoms with Crippen molar-refractivity contribution in [1.29, 1.82) is 0 Å². The van der Waals surface area contributed by atoms with Crippen molar-refractivity contribution in [3.63, 3.8) is 0 Å². The molecule has 1 aliphatic heterocycles. The number of aromatic nitrogens is 1. The Morgan fingerprint density at radius 1 is 1.35 bits per heavy atom. The fourth-order valence-electron chi connectivity index (χ4n) is 2.44. The first-order valence-corrected chi connectivity index (χ1v) is 5.72. The molecule has 1 atom stereocenters. The van der Waals surface area contributed by atoms with Crippen LogP contribution in [-0.4, -0.2) is 24.6 Å². The molecule has 1 saturated heterocycles. The lowest BCUT2D eigenvalue weighted by atomic mass is 9.81.